The Morgan fingerprint density at radius 1 is 0.881 bits per heavy atom. The van der Waals surface area contributed by atoms with E-state index >= 15 is 0 Å². The minimum atomic E-state index is -1.18. The van der Waals surface area contributed by atoms with E-state index < -0.39 is 23.6 Å². The number of benzene rings is 3. The molecule has 8 nitrogen and oxygen atoms in total. The number of ether oxygens (including phenoxy) is 1. The highest BCUT2D eigenvalue weighted by atomic mass is 16.5. The number of carboxylic acid groups (broad SMARTS) is 1. The number of hydrogen-bond acceptors (Lipinski definition) is 5. The third kappa shape index (κ3) is 6.04. The smallest absolute Gasteiger partial charge is 0.408 e. The second-order valence-electron chi connectivity index (χ2n) is 11.8. The molecule has 2 aliphatic carbocycles. The summed E-state index contributed by atoms with van der Waals surface area (Å²) in [5.41, 5.74) is 4.54. The lowest BCUT2D eigenvalue weighted by Gasteiger charge is -2.41. The SMILES string of the molecule is O=C(O)CC(NC(=O)C1(NC(=O)OCC2c3ccccc3-c3ccccc32)CCN(Cc2ccccc2)CC1)C1CC1. The number of amides is 2. The molecule has 8 heteroatoms. The number of likely N-dealkylation sites (tertiary alicyclic amines) is 1. The first-order valence-corrected chi connectivity index (χ1v) is 14.8. The van der Waals surface area contributed by atoms with Gasteiger partial charge >= 0.3 is 12.1 Å². The summed E-state index contributed by atoms with van der Waals surface area (Å²) in [6, 6.07) is 26.0. The van der Waals surface area contributed by atoms with Crippen LogP contribution in [0.3, 0.4) is 0 Å². The van der Waals surface area contributed by atoms with Crippen molar-refractivity contribution in [2.45, 2.75) is 56.1 Å². The van der Waals surface area contributed by atoms with Crippen LogP contribution in [-0.4, -0.2) is 59.3 Å². The van der Waals surface area contributed by atoms with Gasteiger partial charge in [0.25, 0.3) is 0 Å². The van der Waals surface area contributed by atoms with Gasteiger partial charge in [-0.2, -0.15) is 0 Å². The molecule has 1 aliphatic heterocycles. The van der Waals surface area contributed by atoms with Crippen molar-refractivity contribution in [2.24, 2.45) is 5.92 Å². The Kier molecular flexibility index (Phi) is 7.98. The van der Waals surface area contributed by atoms with Gasteiger partial charge in [-0.15, -0.1) is 0 Å². The van der Waals surface area contributed by atoms with Crippen molar-refractivity contribution in [1.82, 2.24) is 15.5 Å². The van der Waals surface area contributed by atoms with Crippen molar-refractivity contribution in [3.05, 3.63) is 95.6 Å². The van der Waals surface area contributed by atoms with Crippen LogP contribution in [0, 0.1) is 5.92 Å². The predicted molar refractivity (Wildman–Crippen MR) is 159 cm³/mol. The number of aliphatic carboxylic acids is 1. The molecule has 1 atom stereocenters. The van der Waals surface area contributed by atoms with E-state index in [1.54, 1.807) is 0 Å². The highest BCUT2D eigenvalue weighted by molar-refractivity contribution is 5.91. The van der Waals surface area contributed by atoms with Crippen molar-refractivity contribution in [3.8, 4) is 11.1 Å². The Labute approximate surface area is 246 Å². The van der Waals surface area contributed by atoms with Gasteiger partial charge in [0, 0.05) is 31.6 Å². The quantitative estimate of drug-likeness (QED) is 0.321. The maximum absolute atomic E-state index is 13.8. The molecule has 0 spiro atoms. The van der Waals surface area contributed by atoms with Crippen molar-refractivity contribution >= 4 is 18.0 Å². The minimum absolute atomic E-state index is 0.0875. The average molecular weight is 568 g/mol. The topological polar surface area (TPSA) is 108 Å². The van der Waals surface area contributed by atoms with Gasteiger partial charge in [0.2, 0.25) is 5.91 Å². The lowest BCUT2D eigenvalue weighted by molar-refractivity contribution is -0.138. The van der Waals surface area contributed by atoms with Gasteiger partial charge < -0.3 is 20.5 Å². The molecule has 218 valence electrons. The highest BCUT2D eigenvalue weighted by Gasteiger charge is 2.45. The van der Waals surface area contributed by atoms with Crippen molar-refractivity contribution in [2.75, 3.05) is 19.7 Å². The molecule has 2 fully saturated rings. The number of carboxylic acids is 1. The van der Waals surface area contributed by atoms with Crippen molar-refractivity contribution in [1.29, 1.82) is 0 Å². The third-order valence-corrected chi connectivity index (χ3v) is 8.98. The first-order chi connectivity index (χ1) is 20.4. The zero-order valence-corrected chi connectivity index (χ0v) is 23.6. The molecule has 1 saturated heterocycles. The summed E-state index contributed by atoms with van der Waals surface area (Å²) in [7, 11) is 0. The Balaban J connectivity index is 1.16. The molecule has 0 bridgehead atoms. The lowest BCUT2D eigenvalue weighted by Crippen LogP contribution is -2.64. The molecule has 3 aromatic rings. The van der Waals surface area contributed by atoms with Crippen LogP contribution in [-0.2, 0) is 20.9 Å². The first-order valence-electron chi connectivity index (χ1n) is 14.8. The largest absolute Gasteiger partial charge is 0.481 e. The maximum atomic E-state index is 13.8. The van der Waals surface area contributed by atoms with Gasteiger partial charge in [0.15, 0.2) is 0 Å². The second-order valence-corrected chi connectivity index (χ2v) is 11.8. The molecule has 0 radical (unpaired) electrons. The summed E-state index contributed by atoms with van der Waals surface area (Å²) in [5.74, 6) is -1.19. The third-order valence-electron chi connectivity index (χ3n) is 8.98. The second kappa shape index (κ2) is 12.0. The Hall–Kier alpha value is -4.17. The van der Waals surface area contributed by atoms with E-state index in [9.17, 15) is 19.5 Å². The lowest BCUT2D eigenvalue weighted by atomic mass is 9.85. The molecule has 0 aromatic heterocycles. The summed E-state index contributed by atoms with van der Waals surface area (Å²) in [4.78, 5) is 41.0. The van der Waals surface area contributed by atoms with Crippen LogP contribution in [0.25, 0.3) is 11.1 Å². The number of carbonyl (C=O) groups excluding carboxylic acids is 2. The average Bonchev–Trinajstić information content (AvgIpc) is 3.80. The monoisotopic (exact) mass is 567 g/mol. The number of piperidine rings is 1. The molecule has 1 heterocycles. The fraction of sp³-hybridized carbons (Fsp3) is 0.382. The molecule has 3 N–H and O–H groups in total. The van der Waals surface area contributed by atoms with E-state index in [1.807, 2.05) is 42.5 Å². The zero-order chi connectivity index (χ0) is 29.1. The molecule has 3 aliphatic rings. The van der Waals surface area contributed by atoms with Gasteiger partial charge in [0.05, 0.1) is 6.42 Å². The van der Waals surface area contributed by atoms with E-state index in [0.29, 0.717) is 25.9 Å². The van der Waals surface area contributed by atoms with Crippen molar-refractivity contribution < 1.29 is 24.2 Å². The van der Waals surface area contributed by atoms with E-state index in [1.165, 1.54) is 5.56 Å². The maximum Gasteiger partial charge on any atom is 0.408 e. The molecule has 1 saturated carbocycles. The normalized spacial score (nSPS) is 18.4. The number of hydrogen-bond donors (Lipinski definition) is 3. The van der Waals surface area contributed by atoms with Crippen LogP contribution >= 0.6 is 0 Å². The number of alkyl carbamates (subject to hydrolysis) is 1. The summed E-state index contributed by atoms with van der Waals surface area (Å²) in [6.45, 7) is 2.13. The van der Waals surface area contributed by atoms with Crippen molar-refractivity contribution in [3.63, 3.8) is 0 Å². The van der Waals surface area contributed by atoms with E-state index in [0.717, 1.165) is 41.6 Å². The molecule has 6 rings (SSSR count). The summed E-state index contributed by atoms with van der Waals surface area (Å²) in [5, 5.41) is 15.4. The molecular formula is C34H37N3O5. The Bertz CT molecular complexity index is 1400. The predicted octanol–water partition coefficient (Wildman–Crippen LogP) is 4.93. The van der Waals surface area contributed by atoms with Gasteiger partial charge in [-0.3, -0.25) is 14.5 Å². The summed E-state index contributed by atoms with van der Waals surface area (Å²) < 4.78 is 5.83. The number of rotatable bonds is 10. The number of nitrogens with one attached hydrogen (secondary N) is 2. The fourth-order valence-corrected chi connectivity index (χ4v) is 6.50. The Morgan fingerprint density at radius 3 is 2.07 bits per heavy atom. The number of fused-ring (bicyclic) bond motifs is 3. The minimum Gasteiger partial charge on any atom is -0.481 e. The standard InChI is InChI=1S/C34H37N3O5/c38-31(39)20-30(24-14-15-24)35-32(40)34(16-18-37(19-17-34)21-23-8-2-1-3-9-23)36-33(41)42-22-29-27-12-6-4-10-25(27)26-11-5-7-13-28(26)29/h1-13,24,29-30H,14-22H2,(H,35,40)(H,36,41)(H,38,39). The van der Waals surface area contributed by atoms with Crippen LogP contribution < -0.4 is 10.6 Å². The van der Waals surface area contributed by atoms with E-state index in [2.05, 4.69) is 51.9 Å². The van der Waals surface area contributed by atoms with Gasteiger partial charge in [-0.1, -0.05) is 78.9 Å². The van der Waals surface area contributed by atoms with Crippen LogP contribution in [0.4, 0.5) is 4.79 Å². The number of nitrogens with zero attached hydrogens (tertiary/aromatic N) is 1. The van der Waals surface area contributed by atoms with E-state index in [4.69, 9.17) is 4.74 Å². The molecule has 3 aromatic carbocycles. The fourth-order valence-electron chi connectivity index (χ4n) is 6.50. The van der Waals surface area contributed by atoms with Gasteiger partial charge in [0.1, 0.15) is 12.1 Å². The zero-order valence-electron chi connectivity index (χ0n) is 23.6. The Morgan fingerprint density at radius 2 is 1.48 bits per heavy atom. The summed E-state index contributed by atoms with van der Waals surface area (Å²) >= 11 is 0. The molecule has 42 heavy (non-hydrogen) atoms. The van der Waals surface area contributed by atoms with Crippen LogP contribution in [0.2, 0.25) is 0 Å². The summed E-state index contributed by atoms with van der Waals surface area (Å²) in [6.07, 6.45) is 1.84. The highest BCUT2D eigenvalue weighted by Crippen LogP contribution is 2.44. The van der Waals surface area contributed by atoms with Gasteiger partial charge in [-0.25, -0.2) is 4.79 Å². The number of carbonyl (C=O) groups is 3. The molecule has 2 amide bonds. The molecular weight excluding hydrogens is 530 g/mol. The van der Waals surface area contributed by atoms with Gasteiger partial charge in [-0.05, 0) is 59.4 Å². The van der Waals surface area contributed by atoms with Crippen LogP contribution in [0.15, 0.2) is 78.9 Å². The van der Waals surface area contributed by atoms with E-state index in [-0.39, 0.29) is 30.8 Å². The molecule has 1 unspecified atom stereocenters. The van der Waals surface area contributed by atoms with Crippen LogP contribution in [0.1, 0.15) is 54.7 Å². The first kappa shape index (κ1) is 28.0. The van der Waals surface area contributed by atoms with Crippen LogP contribution in [0.5, 0.6) is 0 Å².